The van der Waals surface area contributed by atoms with E-state index >= 15 is 0 Å². The number of carbonyl (C=O) groups is 1. The van der Waals surface area contributed by atoms with E-state index in [4.69, 9.17) is 4.42 Å². The van der Waals surface area contributed by atoms with Crippen molar-refractivity contribution in [3.05, 3.63) is 41.0 Å². The van der Waals surface area contributed by atoms with E-state index in [-0.39, 0.29) is 24.4 Å². The molecular weight excluding hydrogens is 328 g/mol. The summed E-state index contributed by atoms with van der Waals surface area (Å²) in [6.45, 7) is 2.00. The number of thiazole rings is 1. The lowest BCUT2D eigenvalue weighted by molar-refractivity contribution is -0.116. The molecule has 0 atom stereocenters. The summed E-state index contributed by atoms with van der Waals surface area (Å²) < 4.78 is 7.18. The molecule has 0 fully saturated rings. The van der Waals surface area contributed by atoms with Gasteiger partial charge in [-0.15, -0.1) is 16.4 Å². The van der Waals surface area contributed by atoms with Gasteiger partial charge in [0.25, 0.3) is 5.89 Å². The maximum Gasteiger partial charge on any atom is 0.322 e. The van der Waals surface area contributed by atoms with E-state index in [2.05, 4.69) is 25.5 Å². The summed E-state index contributed by atoms with van der Waals surface area (Å²) in [6.07, 6.45) is 1.63. The Morgan fingerprint density at radius 3 is 3.04 bits per heavy atom. The predicted octanol–water partition coefficient (Wildman–Crippen LogP) is 2.49. The van der Waals surface area contributed by atoms with Crippen molar-refractivity contribution >= 4 is 34.3 Å². The number of aryl methyl sites for hydroxylation is 1. The van der Waals surface area contributed by atoms with Gasteiger partial charge in [0.15, 0.2) is 0 Å². The highest BCUT2D eigenvalue weighted by Crippen LogP contribution is 2.21. The zero-order valence-corrected chi connectivity index (χ0v) is 13.4. The Hall–Kier alpha value is -3.07. The van der Waals surface area contributed by atoms with E-state index in [1.807, 2.05) is 36.6 Å². The van der Waals surface area contributed by atoms with Crippen LogP contribution < -0.4 is 5.32 Å². The van der Waals surface area contributed by atoms with Gasteiger partial charge < -0.3 is 8.98 Å². The van der Waals surface area contributed by atoms with E-state index in [9.17, 15) is 4.79 Å². The summed E-state index contributed by atoms with van der Waals surface area (Å²) >= 11 is 1.49. The Morgan fingerprint density at radius 2 is 2.21 bits per heavy atom. The average Bonchev–Trinajstić information content (AvgIpc) is 3.28. The lowest BCUT2D eigenvalue weighted by Gasteiger charge is -2.03. The lowest BCUT2D eigenvalue weighted by Crippen LogP contribution is -2.18. The van der Waals surface area contributed by atoms with Crippen molar-refractivity contribution in [1.82, 2.24) is 24.7 Å². The Kier molecular flexibility index (Phi) is 3.54. The van der Waals surface area contributed by atoms with E-state index in [1.54, 1.807) is 10.9 Å². The average molecular weight is 340 g/mol. The van der Waals surface area contributed by atoms with Gasteiger partial charge in [0.1, 0.15) is 12.2 Å². The van der Waals surface area contributed by atoms with Gasteiger partial charge in [-0.05, 0) is 19.1 Å². The molecule has 3 heterocycles. The summed E-state index contributed by atoms with van der Waals surface area (Å²) in [7, 11) is 0. The molecule has 9 heteroatoms. The molecule has 0 bridgehead atoms. The van der Waals surface area contributed by atoms with Crippen molar-refractivity contribution in [2.24, 2.45) is 0 Å². The molecule has 1 aromatic carbocycles. The van der Waals surface area contributed by atoms with Crippen LogP contribution in [-0.2, 0) is 11.3 Å². The maximum absolute atomic E-state index is 12.2. The van der Waals surface area contributed by atoms with E-state index in [0.29, 0.717) is 5.69 Å². The molecule has 0 radical (unpaired) electrons. The van der Waals surface area contributed by atoms with Crippen LogP contribution in [0, 0.1) is 6.92 Å². The summed E-state index contributed by atoms with van der Waals surface area (Å²) in [5.74, 6) is 0.00513. The number of hydrogen-bond donors (Lipinski definition) is 1. The number of anilines is 1. The zero-order valence-electron chi connectivity index (χ0n) is 12.6. The van der Waals surface area contributed by atoms with Crippen LogP contribution in [0.3, 0.4) is 0 Å². The Bertz CT molecular complexity index is 1020. The second-order valence-corrected chi connectivity index (χ2v) is 6.14. The van der Waals surface area contributed by atoms with Crippen molar-refractivity contribution in [3.8, 4) is 11.6 Å². The van der Waals surface area contributed by atoms with Crippen molar-refractivity contribution in [2.45, 2.75) is 13.5 Å². The van der Waals surface area contributed by atoms with Gasteiger partial charge in [-0.25, -0.2) is 9.97 Å². The Labute approximate surface area is 140 Å². The SMILES string of the molecule is Cc1nc(-c2nnc(NC(=O)Cn3cnc4ccccc43)o2)cs1. The van der Waals surface area contributed by atoms with Crippen LogP contribution in [0.2, 0.25) is 0 Å². The molecule has 0 aliphatic rings. The van der Waals surface area contributed by atoms with E-state index in [1.165, 1.54) is 11.3 Å². The number of para-hydroxylation sites is 2. The smallest absolute Gasteiger partial charge is 0.322 e. The molecule has 4 rings (SSSR count). The molecule has 3 aromatic heterocycles. The standard InChI is InChI=1S/C15H12N6O2S/c1-9-17-11(7-24-9)14-19-20-15(23-14)18-13(22)6-21-8-16-10-4-2-3-5-12(10)21/h2-5,7-8H,6H2,1H3,(H,18,20,22). The van der Waals surface area contributed by atoms with Crippen LogP contribution in [0.15, 0.2) is 40.4 Å². The fourth-order valence-electron chi connectivity index (χ4n) is 2.29. The predicted molar refractivity (Wildman–Crippen MR) is 88.5 cm³/mol. The molecule has 0 unspecified atom stereocenters. The fraction of sp³-hybridized carbons (Fsp3) is 0.133. The molecule has 0 saturated heterocycles. The number of carbonyl (C=O) groups excluding carboxylic acids is 1. The quantitative estimate of drug-likeness (QED) is 0.613. The summed E-state index contributed by atoms with van der Waals surface area (Å²) in [4.78, 5) is 20.7. The van der Waals surface area contributed by atoms with Crippen LogP contribution >= 0.6 is 11.3 Å². The number of benzene rings is 1. The van der Waals surface area contributed by atoms with Crippen LogP contribution in [0.5, 0.6) is 0 Å². The maximum atomic E-state index is 12.2. The first-order valence-electron chi connectivity index (χ1n) is 7.15. The lowest BCUT2D eigenvalue weighted by atomic mass is 10.3. The highest BCUT2D eigenvalue weighted by molar-refractivity contribution is 7.09. The third-order valence-corrected chi connectivity index (χ3v) is 4.12. The third-order valence-electron chi connectivity index (χ3n) is 3.35. The van der Waals surface area contributed by atoms with Gasteiger partial charge >= 0.3 is 6.01 Å². The number of hydrogen-bond acceptors (Lipinski definition) is 7. The number of imidazole rings is 1. The highest BCUT2D eigenvalue weighted by atomic mass is 32.1. The number of aromatic nitrogens is 5. The largest absolute Gasteiger partial charge is 0.401 e. The molecular formula is C15H12N6O2S. The number of nitrogens with zero attached hydrogens (tertiary/aromatic N) is 5. The molecule has 0 saturated carbocycles. The zero-order chi connectivity index (χ0) is 16.5. The highest BCUT2D eigenvalue weighted by Gasteiger charge is 2.14. The molecule has 1 N–H and O–H groups in total. The second-order valence-electron chi connectivity index (χ2n) is 5.07. The molecule has 24 heavy (non-hydrogen) atoms. The van der Waals surface area contributed by atoms with Gasteiger partial charge in [-0.1, -0.05) is 17.2 Å². The minimum atomic E-state index is -0.275. The Morgan fingerprint density at radius 1 is 1.33 bits per heavy atom. The first-order valence-corrected chi connectivity index (χ1v) is 8.03. The van der Waals surface area contributed by atoms with Gasteiger partial charge in [0.2, 0.25) is 5.91 Å². The molecule has 120 valence electrons. The van der Waals surface area contributed by atoms with Gasteiger partial charge in [-0.3, -0.25) is 10.1 Å². The molecule has 1 amide bonds. The summed E-state index contributed by atoms with van der Waals surface area (Å²) in [5, 5.41) is 13.0. The van der Waals surface area contributed by atoms with Gasteiger partial charge in [0.05, 0.1) is 22.4 Å². The first-order chi connectivity index (χ1) is 11.7. The van der Waals surface area contributed by atoms with Crippen LogP contribution in [0.25, 0.3) is 22.6 Å². The van der Waals surface area contributed by atoms with Crippen LogP contribution in [0.4, 0.5) is 6.01 Å². The Balaban J connectivity index is 1.47. The first kappa shape index (κ1) is 14.5. The van der Waals surface area contributed by atoms with Crippen molar-refractivity contribution < 1.29 is 9.21 Å². The number of fused-ring (bicyclic) bond motifs is 1. The van der Waals surface area contributed by atoms with Crippen molar-refractivity contribution in [3.63, 3.8) is 0 Å². The molecule has 0 aliphatic carbocycles. The molecule has 8 nitrogen and oxygen atoms in total. The molecule has 4 aromatic rings. The van der Waals surface area contributed by atoms with Gasteiger partial charge in [0, 0.05) is 5.38 Å². The number of amides is 1. The second kappa shape index (κ2) is 5.85. The fourth-order valence-corrected chi connectivity index (χ4v) is 2.88. The summed E-state index contributed by atoms with van der Waals surface area (Å²) in [6, 6.07) is 7.65. The molecule has 0 spiro atoms. The minimum absolute atomic E-state index is 0.0464. The van der Waals surface area contributed by atoms with E-state index in [0.717, 1.165) is 16.0 Å². The molecule has 0 aliphatic heterocycles. The van der Waals surface area contributed by atoms with Crippen molar-refractivity contribution in [2.75, 3.05) is 5.32 Å². The summed E-state index contributed by atoms with van der Waals surface area (Å²) in [5.41, 5.74) is 2.33. The number of rotatable bonds is 4. The van der Waals surface area contributed by atoms with Gasteiger partial charge in [-0.2, -0.15) is 0 Å². The minimum Gasteiger partial charge on any atom is -0.401 e. The van der Waals surface area contributed by atoms with Crippen LogP contribution in [0.1, 0.15) is 5.01 Å². The van der Waals surface area contributed by atoms with Crippen molar-refractivity contribution in [1.29, 1.82) is 0 Å². The van der Waals surface area contributed by atoms with E-state index < -0.39 is 0 Å². The number of nitrogens with one attached hydrogen (secondary N) is 1. The third kappa shape index (κ3) is 2.76. The monoisotopic (exact) mass is 340 g/mol. The normalized spacial score (nSPS) is 11.0. The van der Waals surface area contributed by atoms with Crippen LogP contribution in [-0.4, -0.2) is 30.6 Å². The topological polar surface area (TPSA) is 98.7 Å².